The zero-order valence-electron chi connectivity index (χ0n) is 21.9. The number of nitrogens with zero attached hydrogens (tertiary/aromatic N) is 4. The van der Waals surface area contributed by atoms with Gasteiger partial charge in [-0.15, -0.1) is 0 Å². The van der Waals surface area contributed by atoms with Crippen LogP contribution in [0.3, 0.4) is 0 Å². The van der Waals surface area contributed by atoms with Crippen molar-refractivity contribution < 1.29 is 23.7 Å². The lowest BCUT2D eigenvalue weighted by Gasteiger charge is -2.20. The maximum Gasteiger partial charge on any atom is 0.346 e. The summed E-state index contributed by atoms with van der Waals surface area (Å²) in [5, 5.41) is 14.9. The Balaban J connectivity index is 1.74. The molecular weight excluding hydrogens is 502 g/mol. The first-order valence-electron chi connectivity index (χ1n) is 12.2. The SMILES string of the molecule is COc1cc2c(c(OC)c1Oc1nnnn1-c1ccccc1)-c1ccc(OC)c(=O)cc1[C@@H](NC(C)=O)CC2. The number of benzene rings is 2. The number of aromatic nitrogens is 4. The van der Waals surface area contributed by atoms with Crippen LogP contribution in [0, 0.1) is 0 Å². The van der Waals surface area contributed by atoms with Gasteiger partial charge >= 0.3 is 6.01 Å². The molecule has 1 amide bonds. The Bertz CT molecular complexity index is 1590. The summed E-state index contributed by atoms with van der Waals surface area (Å²) < 4.78 is 24.7. The maximum atomic E-state index is 12.9. The van der Waals surface area contributed by atoms with Crippen molar-refractivity contribution in [3.63, 3.8) is 0 Å². The smallest absolute Gasteiger partial charge is 0.346 e. The number of tetrazole rings is 1. The molecule has 1 aliphatic carbocycles. The summed E-state index contributed by atoms with van der Waals surface area (Å²) >= 11 is 0. The van der Waals surface area contributed by atoms with Gasteiger partial charge in [0.05, 0.1) is 33.1 Å². The van der Waals surface area contributed by atoms with Gasteiger partial charge in [-0.25, -0.2) is 0 Å². The van der Waals surface area contributed by atoms with Gasteiger partial charge in [0.2, 0.25) is 17.1 Å². The van der Waals surface area contributed by atoms with Gasteiger partial charge in [0.25, 0.3) is 0 Å². The van der Waals surface area contributed by atoms with Crippen molar-refractivity contribution in [2.24, 2.45) is 0 Å². The average molecular weight is 530 g/mol. The minimum atomic E-state index is -0.417. The van der Waals surface area contributed by atoms with E-state index in [0.29, 0.717) is 46.7 Å². The molecule has 1 N–H and O–H groups in total. The lowest BCUT2D eigenvalue weighted by Crippen LogP contribution is -2.26. The van der Waals surface area contributed by atoms with Gasteiger partial charge in [-0.2, -0.15) is 4.68 Å². The normalized spacial score (nSPS) is 13.9. The van der Waals surface area contributed by atoms with Gasteiger partial charge in [0.15, 0.2) is 17.2 Å². The molecule has 0 aliphatic heterocycles. The highest BCUT2D eigenvalue weighted by Gasteiger charge is 2.30. The Morgan fingerprint density at radius 3 is 2.44 bits per heavy atom. The number of ether oxygens (including phenoxy) is 4. The molecule has 0 saturated carbocycles. The molecule has 3 aromatic carbocycles. The highest BCUT2D eigenvalue weighted by Crippen LogP contribution is 2.51. The lowest BCUT2D eigenvalue weighted by molar-refractivity contribution is -0.119. The number of amides is 1. The summed E-state index contributed by atoms with van der Waals surface area (Å²) in [6, 6.07) is 15.8. The second kappa shape index (κ2) is 10.8. The van der Waals surface area contributed by atoms with Crippen LogP contribution in [0.15, 0.2) is 59.4 Å². The second-order valence-electron chi connectivity index (χ2n) is 8.86. The molecule has 39 heavy (non-hydrogen) atoms. The van der Waals surface area contributed by atoms with Gasteiger partial charge in [-0.05, 0) is 70.3 Å². The molecule has 0 spiro atoms. The molecule has 0 bridgehead atoms. The number of rotatable bonds is 7. The van der Waals surface area contributed by atoms with Gasteiger partial charge in [-0.1, -0.05) is 29.4 Å². The van der Waals surface area contributed by atoms with Gasteiger partial charge in [0, 0.05) is 12.5 Å². The highest BCUT2D eigenvalue weighted by molar-refractivity contribution is 5.83. The molecule has 1 heterocycles. The molecule has 0 unspecified atom stereocenters. The quantitative estimate of drug-likeness (QED) is 0.382. The molecule has 1 aliphatic rings. The minimum Gasteiger partial charge on any atom is -0.493 e. The highest BCUT2D eigenvalue weighted by atomic mass is 16.5. The number of hydrogen-bond acceptors (Lipinski definition) is 9. The number of carbonyl (C=O) groups excluding carboxylic acids is 1. The predicted octanol–water partition coefficient (Wildman–Crippen LogP) is 3.63. The van der Waals surface area contributed by atoms with Gasteiger partial charge in [-0.3, -0.25) is 9.59 Å². The standard InChI is InChI=1S/C28H27N5O6/c1-16(34)29-21-12-10-17-14-24(37-3)26(39-28-30-31-32-33(28)18-8-6-5-7-9-18)27(38-4)25(17)19-11-13-23(36-2)22(35)15-20(19)21/h5-9,11,13-15,21H,10,12H2,1-4H3,(H,29,34)/t21-/m0/s1. The van der Waals surface area contributed by atoms with Gasteiger partial charge in [0.1, 0.15) is 0 Å². The first-order valence-corrected chi connectivity index (χ1v) is 12.2. The fourth-order valence-corrected chi connectivity index (χ4v) is 4.83. The van der Waals surface area contributed by atoms with Crippen LogP contribution in [-0.2, 0) is 11.2 Å². The van der Waals surface area contributed by atoms with Gasteiger partial charge < -0.3 is 24.3 Å². The van der Waals surface area contributed by atoms with Crippen LogP contribution >= 0.6 is 0 Å². The van der Waals surface area contributed by atoms with E-state index in [-0.39, 0.29) is 28.8 Å². The number of aryl methyl sites for hydroxylation is 1. The predicted molar refractivity (Wildman–Crippen MR) is 142 cm³/mol. The van der Waals surface area contributed by atoms with E-state index >= 15 is 0 Å². The third-order valence-corrected chi connectivity index (χ3v) is 6.53. The van der Waals surface area contributed by atoms with E-state index in [1.165, 1.54) is 39.0 Å². The first kappa shape index (κ1) is 25.7. The third kappa shape index (κ3) is 4.86. The summed E-state index contributed by atoms with van der Waals surface area (Å²) in [5.41, 5.74) is 3.33. The van der Waals surface area contributed by atoms with Crippen molar-refractivity contribution in [3.05, 3.63) is 75.9 Å². The summed E-state index contributed by atoms with van der Waals surface area (Å²) in [7, 11) is 4.50. The number of carbonyl (C=O) groups is 1. The number of para-hydroxylation sites is 1. The van der Waals surface area contributed by atoms with Crippen LogP contribution in [0.5, 0.6) is 29.0 Å². The maximum absolute atomic E-state index is 12.9. The Hall–Kier alpha value is -4.93. The van der Waals surface area contributed by atoms with Crippen molar-refractivity contribution in [1.29, 1.82) is 0 Å². The van der Waals surface area contributed by atoms with Crippen LogP contribution in [0.1, 0.15) is 30.5 Å². The van der Waals surface area contributed by atoms with Crippen molar-refractivity contribution in [1.82, 2.24) is 25.5 Å². The third-order valence-electron chi connectivity index (χ3n) is 6.53. The first-order chi connectivity index (χ1) is 18.9. The van der Waals surface area contributed by atoms with E-state index in [4.69, 9.17) is 18.9 Å². The van der Waals surface area contributed by atoms with E-state index in [0.717, 1.165) is 5.56 Å². The Kier molecular flexibility index (Phi) is 7.13. The molecular formula is C28H27N5O6. The zero-order valence-corrected chi connectivity index (χ0v) is 21.9. The summed E-state index contributed by atoms with van der Waals surface area (Å²) in [6.07, 6.45) is 1.11. The Labute approximate surface area is 224 Å². The van der Waals surface area contributed by atoms with Crippen molar-refractivity contribution in [2.75, 3.05) is 21.3 Å². The fourth-order valence-electron chi connectivity index (χ4n) is 4.83. The van der Waals surface area contributed by atoms with Crippen LogP contribution < -0.4 is 29.7 Å². The topological polar surface area (TPSA) is 127 Å². The summed E-state index contributed by atoms with van der Waals surface area (Å²) in [5.74, 6) is 1.02. The van der Waals surface area contributed by atoms with E-state index in [1.54, 1.807) is 12.1 Å². The molecule has 200 valence electrons. The number of fused-ring (bicyclic) bond motifs is 3. The number of hydrogen-bond donors (Lipinski definition) is 1. The molecule has 1 aromatic heterocycles. The Morgan fingerprint density at radius 2 is 1.74 bits per heavy atom. The minimum absolute atomic E-state index is 0.102. The van der Waals surface area contributed by atoms with Crippen LogP contribution in [0.4, 0.5) is 0 Å². The molecule has 0 radical (unpaired) electrons. The molecule has 11 heteroatoms. The fraction of sp³-hybridized carbons (Fsp3) is 0.250. The van der Waals surface area contributed by atoms with Crippen molar-refractivity contribution in [3.8, 4) is 45.8 Å². The van der Waals surface area contributed by atoms with Crippen molar-refractivity contribution >= 4 is 5.91 Å². The zero-order chi connectivity index (χ0) is 27.5. The van der Waals surface area contributed by atoms with Crippen LogP contribution in [0.25, 0.3) is 16.8 Å². The second-order valence-corrected chi connectivity index (χ2v) is 8.86. The van der Waals surface area contributed by atoms with E-state index in [1.807, 2.05) is 36.4 Å². The number of methoxy groups -OCH3 is 3. The van der Waals surface area contributed by atoms with E-state index in [2.05, 4.69) is 20.8 Å². The van der Waals surface area contributed by atoms with Crippen molar-refractivity contribution in [2.45, 2.75) is 25.8 Å². The molecule has 4 aromatic rings. The van der Waals surface area contributed by atoms with Crippen LogP contribution in [-0.4, -0.2) is 47.4 Å². The molecule has 0 fully saturated rings. The van der Waals surface area contributed by atoms with E-state index in [9.17, 15) is 9.59 Å². The Morgan fingerprint density at radius 1 is 0.974 bits per heavy atom. The average Bonchev–Trinajstić information content (AvgIpc) is 3.28. The summed E-state index contributed by atoms with van der Waals surface area (Å²) in [4.78, 5) is 25.0. The molecule has 11 nitrogen and oxygen atoms in total. The number of nitrogens with one attached hydrogen (secondary N) is 1. The monoisotopic (exact) mass is 529 g/mol. The van der Waals surface area contributed by atoms with Crippen LogP contribution in [0.2, 0.25) is 0 Å². The largest absolute Gasteiger partial charge is 0.493 e. The lowest BCUT2D eigenvalue weighted by atomic mass is 9.95. The van der Waals surface area contributed by atoms with E-state index < -0.39 is 6.04 Å². The summed E-state index contributed by atoms with van der Waals surface area (Å²) in [6.45, 7) is 1.45. The molecule has 0 saturated heterocycles. The molecule has 5 rings (SSSR count). The molecule has 1 atom stereocenters.